The summed E-state index contributed by atoms with van der Waals surface area (Å²) in [6.45, 7) is 4.07. The Morgan fingerprint density at radius 2 is 2.04 bits per heavy atom. The Kier molecular flexibility index (Phi) is 4.12. The SMILES string of the molecule is CC(C)c1csc(NC(=O)c2nn(-c3ccccc3)cc2O)n1. The predicted molar refractivity (Wildman–Crippen MR) is 89.4 cm³/mol. The van der Waals surface area contributed by atoms with Crippen molar-refractivity contribution in [3.63, 3.8) is 0 Å². The first-order valence-corrected chi connectivity index (χ1v) is 8.03. The van der Waals surface area contributed by atoms with Crippen LogP contribution in [0.4, 0.5) is 5.13 Å². The number of nitrogens with one attached hydrogen (secondary N) is 1. The lowest BCUT2D eigenvalue weighted by Gasteiger charge is -2.00. The number of hydrogen-bond donors (Lipinski definition) is 2. The third-order valence-electron chi connectivity index (χ3n) is 3.26. The van der Waals surface area contributed by atoms with Crippen LogP contribution in [0, 0.1) is 0 Å². The van der Waals surface area contributed by atoms with Gasteiger partial charge in [0, 0.05) is 5.38 Å². The third-order valence-corrected chi connectivity index (χ3v) is 4.04. The molecule has 0 saturated carbocycles. The molecule has 0 saturated heterocycles. The van der Waals surface area contributed by atoms with E-state index < -0.39 is 5.91 Å². The lowest BCUT2D eigenvalue weighted by Crippen LogP contribution is -2.13. The van der Waals surface area contributed by atoms with Gasteiger partial charge in [0.1, 0.15) is 0 Å². The Hall–Kier alpha value is -2.67. The molecule has 0 aliphatic carbocycles. The van der Waals surface area contributed by atoms with E-state index in [1.807, 2.05) is 49.6 Å². The fraction of sp³-hybridized carbons (Fsp3) is 0.188. The van der Waals surface area contributed by atoms with Crippen LogP contribution in [-0.2, 0) is 0 Å². The zero-order chi connectivity index (χ0) is 16.4. The van der Waals surface area contributed by atoms with Crippen molar-refractivity contribution in [3.8, 4) is 11.4 Å². The van der Waals surface area contributed by atoms with Gasteiger partial charge in [-0.05, 0) is 18.1 Å². The molecule has 0 radical (unpaired) electrons. The summed E-state index contributed by atoms with van der Waals surface area (Å²) < 4.78 is 1.46. The number of amides is 1. The molecule has 0 unspecified atom stereocenters. The van der Waals surface area contributed by atoms with Gasteiger partial charge >= 0.3 is 0 Å². The number of para-hydroxylation sites is 1. The van der Waals surface area contributed by atoms with Crippen LogP contribution in [0.2, 0.25) is 0 Å². The van der Waals surface area contributed by atoms with E-state index in [9.17, 15) is 9.90 Å². The highest BCUT2D eigenvalue weighted by molar-refractivity contribution is 7.14. The summed E-state index contributed by atoms with van der Waals surface area (Å²) in [7, 11) is 0. The van der Waals surface area contributed by atoms with E-state index in [1.54, 1.807) is 0 Å². The van der Waals surface area contributed by atoms with Crippen LogP contribution in [0.25, 0.3) is 5.69 Å². The normalized spacial score (nSPS) is 10.9. The number of hydrogen-bond acceptors (Lipinski definition) is 5. The first kappa shape index (κ1) is 15.2. The summed E-state index contributed by atoms with van der Waals surface area (Å²) in [4.78, 5) is 16.6. The summed E-state index contributed by atoms with van der Waals surface area (Å²) in [5.41, 5.74) is 1.65. The number of rotatable bonds is 4. The smallest absolute Gasteiger partial charge is 0.281 e. The molecule has 0 fully saturated rings. The molecular weight excluding hydrogens is 312 g/mol. The molecule has 23 heavy (non-hydrogen) atoms. The Labute approximate surface area is 137 Å². The number of anilines is 1. The van der Waals surface area contributed by atoms with Crippen molar-refractivity contribution in [1.82, 2.24) is 14.8 Å². The maximum absolute atomic E-state index is 12.3. The van der Waals surface area contributed by atoms with E-state index in [2.05, 4.69) is 15.4 Å². The fourth-order valence-corrected chi connectivity index (χ4v) is 2.87. The molecule has 2 aromatic heterocycles. The molecule has 0 bridgehead atoms. The Morgan fingerprint density at radius 1 is 1.30 bits per heavy atom. The van der Waals surface area contributed by atoms with Crippen LogP contribution < -0.4 is 5.32 Å². The van der Waals surface area contributed by atoms with Crippen molar-refractivity contribution in [1.29, 1.82) is 0 Å². The maximum atomic E-state index is 12.3. The molecule has 6 nitrogen and oxygen atoms in total. The molecule has 1 aromatic carbocycles. The van der Waals surface area contributed by atoms with Crippen LogP contribution in [0.1, 0.15) is 35.9 Å². The van der Waals surface area contributed by atoms with Gasteiger partial charge in [-0.1, -0.05) is 32.0 Å². The summed E-state index contributed by atoms with van der Waals surface area (Å²) >= 11 is 1.35. The van der Waals surface area contributed by atoms with Gasteiger partial charge in [0.05, 0.1) is 17.6 Å². The van der Waals surface area contributed by atoms with Crippen molar-refractivity contribution in [3.05, 3.63) is 53.3 Å². The van der Waals surface area contributed by atoms with Crippen molar-refractivity contribution in [2.45, 2.75) is 19.8 Å². The molecule has 7 heteroatoms. The summed E-state index contributed by atoms with van der Waals surface area (Å²) in [5.74, 6) is -0.364. The molecular formula is C16H16N4O2S. The van der Waals surface area contributed by atoms with E-state index in [1.165, 1.54) is 22.2 Å². The lowest BCUT2D eigenvalue weighted by molar-refractivity contribution is 0.101. The summed E-state index contributed by atoms with van der Waals surface area (Å²) in [5, 5.41) is 19.2. The summed E-state index contributed by atoms with van der Waals surface area (Å²) in [6, 6.07) is 9.27. The van der Waals surface area contributed by atoms with E-state index in [-0.39, 0.29) is 11.4 Å². The van der Waals surface area contributed by atoms with E-state index in [0.717, 1.165) is 11.4 Å². The predicted octanol–water partition coefficient (Wildman–Crippen LogP) is 3.41. The Balaban J connectivity index is 1.81. The van der Waals surface area contributed by atoms with E-state index in [4.69, 9.17) is 0 Å². The van der Waals surface area contributed by atoms with Gasteiger partial charge < -0.3 is 5.11 Å². The molecule has 1 amide bonds. The number of carbonyl (C=O) groups excluding carboxylic acids is 1. The van der Waals surface area contributed by atoms with Crippen LogP contribution in [0.15, 0.2) is 41.9 Å². The molecule has 2 N–H and O–H groups in total. The average Bonchev–Trinajstić information content (AvgIpc) is 3.15. The fourth-order valence-electron chi connectivity index (χ4n) is 2.00. The highest BCUT2D eigenvalue weighted by Crippen LogP contribution is 2.23. The first-order valence-electron chi connectivity index (χ1n) is 7.15. The van der Waals surface area contributed by atoms with Crippen molar-refractivity contribution < 1.29 is 9.90 Å². The van der Waals surface area contributed by atoms with Crippen molar-refractivity contribution in [2.24, 2.45) is 0 Å². The molecule has 0 spiro atoms. The molecule has 3 aromatic rings. The minimum atomic E-state index is -0.484. The van der Waals surface area contributed by atoms with Gasteiger partial charge in [-0.25, -0.2) is 9.67 Å². The second-order valence-corrected chi connectivity index (χ2v) is 6.19. The number of benzene rings is 1. The second-order valence-electron chi connectivity index (χ2n) is 5.33. The number of carbonyl (C=O) groups is 1. The molecule has 3 rings (SSSR count). The minimum Gasteiger partial charge on any atom is -0.504 e. The zero-order valence-corrected chi connectivity index (χ0v) is 13.5. The van der Waals surface area contributed by atoms with Gasteiger partial charge in [-0.2, -0.15) is 5.10 Å². The molecule has 118 valence electrons. The number of aromatic nitrogens is 3. The van der Waals surface area contributed by atoms with Crippen molar-refractivity contribution in [2.75, 3.05) is 5.32 Å². The highest BCUT2D eigenvalue weighted by Gasteiger charge is 2.18. The monoisotopic (exact) mass is 328 g/mol. The van der Waals surface area contributed by atoms with Crippen molar-refractivity contribution >= 4 is 22.4 Å². The number of thiazole rings is 1. The lowest BCUT2D eigenvalue weighted by atomic mass is 10.2. The quantitative estimate of drug-likeness (QED) is 0.769. The van der Waals surface area contributed by atoms with E-state index >= 15 is 0 Å². The Bertz CT molecular complexity index is 824. The third kappa shape index (κ3) is 3.24. The molecule has 0 atom stereocenters. The van der Waals surface area contributed by atoms with Gasteiger partial charge in [-0.3, -0.25) is 10.1 Å². The topological polar surface area (TPSA) is 80.0 Å². The van der Waals surface area contributed by atoms with Crippen LogP contribution >= 0.6 is 11.3 Å². The van der Waals surface area contributed by atoms with Gasteiger partial charge in [0.25, 0.3) is 5.91 Å². The molecule has 2 heterocycles. The number of aromatic hydroxyl groups is 1. The minimum absolute atomic E-state index is 0.0323. The van der Waals surface area contributed by atoms with Gasteiger partial charge in [-0.15, -0.1) is 11.3 Å². The molecule has 0 aliphatic heterocycles. The highest BCUT2D eigenvalue weighted by atomic mass is 32.1. The van der Waals surface area contributed by atoms with Gasteiger partial charge in [0.2, 0.25) is 0 Å². The Morgan fingerprint density at radius 3 is 2.70 bits per heavy atom. The average molecular weight is 328 g/mol. The first-order chi connectivity index (χ1) is 11.0. The van der Waals surface area contributed by atoms with Crippen LogP contribution in [0.3, 0.4) is 0 Å². The van der Waals surface area contributed by atoms with Gasteiger partial charge in [0.15, 0.2) is 16.6 Å². The largest absolute Gasteiger partial charge is 0.504 e. The standard InChI is InChI=1S/C16H16N4O2S/c1-10(2)12-9-23-16(17-12)18-15(22)14-13(21)8-20(19-14)11-6-4-3-5-7-11/h3-10,21H,1-2H3,(H,17,18,22). The van der Waals surface area contributed by atoms with Crippen LogP contribution in [-0.4, -0.2) is 25.8 Å². The van der Waals surface area contributed by atoms with E-state index in [0.29, 0.717) is 11.0 Å². The number of nitrogens with zero attached hydrogens (tertiary/aromatic N) is 3. The zero-order valence-electron chi connectivity index (χ0n) is 12.7. The maximum Gasteiger partial charge on any atom is 0.281 e. The van der Waals surface area contributed by atoms with Crippen LogP contribution in [0.5, 0.6) is 5.75 Å². The second kappa shape index (κ2) is 6.21. The summed E-state index contributed by atoms with van der Waals surface area (Å²) in [6.07, 6.45) is 1.41. The molecule has 0 aliphatic rings.